The molecule has 3 heterocycles. The molecule has 0 spiro atoms. The van der Waals surface area contributed by atoms with E-state index < -0.39 is 0 Å². The zero-order chi connectivity index (χ0) is 14.7. The summed E-state index contributed by atoms with van der Waals surface area (Å²) in [6, 6.07) is 0. The third-order valence-corrected chi connectivity index (χ3v) is 5.33. The van der Waals surface area contributed by atoms with E-state index in [0.717, 1.165) is 61.2 Å². The molecule has 0 saturated carbocycles. The van der Waals surface area contributed by atoms with Crippen LogP contribution in [0.15, 0.2) is 10.3 Å². The van der Waals surface area contributed by atoms with Gasteiger partial charge in [0.25, 0.3) is 0 Å². The van der Waals surface area contributed by atoms with E-state index in [1.807, 2.05) is 0 Å². The number of hydrogen-bond acceptors (Lipinski definition) is 6. The first kappa shape index (κ1) is 14.8. The van der Waals surface area contributed by atoms with E-state index in [-0.39, 0.29) is 6.10 Å². The average molecular weight is 309 g/mol. The van der Waals surface area contributed by atoms with Crippen molar-refractivity contribution in [3.63, 3.8) is 0 Å². The first-order chi connectivity index (χ1) is 10.3. The van der Waals surface area contributed by atoms with Crippen molar-refractivity contribution in [3.8, 4) is 0 Å². The van der Waals surface area contributed by atoms with Gasteiger partial charge in [-0.25, -0.2) is 0 Å². The maximum atomic E-state index is 5.44. The van der Waals surface area contributed by atoms with Crippen LogP contribution in [0.2, 0.25) is 0 Å². The highest BCUT2D eigenvalue weighted by molar-refractivity contribution is 7.99. The van der Waals surface area contributed by atoms with Crippen LogP contribution in [0.1, 0.15) is 44.3 Å². The van der Waals surface area contributed by atoms with Crippen LogP contribution in [0.4, 0.5) is 0 Å². The van der Waals surface area contributed by atoms with Gasteiger partial charge in [0.2, 0.25) is 0 Å². The Labute approximate surface area is 129 Å². The third-order valence-electron chi connectivity index (χ3n) is 4.17. The van der Waals surface area contributed by atoms with Crippen LogP contribution < -0.4 is 5.32 Å². The molecule has 2 aliphatic rings. The van der Waals surface area contributed by atoms with Gasteiger partial charge < -0.3 is 14.7 Å². The molecular weight excluding hydrogens is 286 g/mol. The van der Waals surface area contributed by atoms with Crippen molar-refractivity contribution in [1.29, 1.82) is 0 Å². The van der Waals surface area contributed by atoms with Gasteiger partial charge >= 0.3 is 0 Å². The number of hydrogen-bond donors (Lipinski definition) is 1. The molecule has 21 heavy (non-hydrogen) atoms. The highest BCUT2D eigenvalue weighted by Crippen LogP contribution is 2.27. The molecule has 1 aromatic heterocycles. The molecule has 1 N–H and O–H groups in total. The summed E-state index contributed by atoms with van der Waals surface area (Å²) in [5, 5.41) is 17.2. The lowest BCUT2D eigenvalue weighted by molar-refractivity contribution is 0.103. The van der Waals surface area contributed by atoms with Crippen molar-refractivity contribution < 1.29 is 4.84 Å². The lowest BCUT2D eigenvalue weighted by Gasteiger charge is -2.21. The van der Waals surface area contributed by atoms with Crippen molar-refractivity contribution in [1.82, 2.24) is 20.1 Å². The highest BCUT2D eigenvalue weighted by Gasteiger charge is 2.24. The summed E-state index contributed by atoms with van der Waals surface area (Å²) < 4.78 is 2.15. The first-order valence-electron chi connectivity index (χ1n) is 7.72. The maximum Gasteiger partial charge on any atom is 0.191 e. The van der Waals surface area contributed by atoms with E-state index in [0.29, 0.717) is 5.92 Å². The fraction of sp³-hybridized carbons (Fsp3) is 0.786. The van der Waals surface area contributed by atoms with Gasteiger partial charge in [-0.1, -0.05) is 23.8 Å². The maximum absolute atomic E-state index is 5.44. The Hall–Kier alpha value is -1.08. The molecule has 0 unspecified atom stereocenters. The second-order valence-corrected chi connectivity index (χ2v) is 6.66. The van der Waals surface area contributed by atoms with Crippen LogP contribution in [0.5, 0.6) is 0 Å². The Morgan fingerprint density at radius 3 is 2.86 bits per heavy atom. The standard InChI is InChI=1S/C14H23N5OS/c1-3-11-8-12(20-18-11)9-21-14-17-16-13(19(14)2)10-4-6-15-7-5-10/h10,12,15H,3-9H2,1-2H3/t12-/m1/s1. The molecular formula is C14H23N5OS. The van der Waals surface area contributed by atoms with E-state index >= 15 is 0 Å². The molecule has 1 fully saturated rings. The normalized spacial score (nSPS) is 23.1. The number of piperidine rings is 1. The van der Waals surface area contributed by atoms with Gasteiger partial charge in [0.05, 0.1) is 5.71 Å². The van der Waals surface area contributed by atoms with Crippen LogP contribution in [-0.4, -0.2) is 45.4 Å². The Balaban J connectivity index is 1.56. The zero-order valence-corrected chi connectivity index (χ0v) is 13.5. The smallest absolute Gasteiger partial charge is 0.191 e. The summed E-state index contributed by atoms with van der Waals surface area (Å²) in [6.07, 6.45) is 4.41. The van der Waals surface area contributed by atoms with Crippen LogP contribution in [0, 0.1) is 0 Å². The molecule has 7 heteroatoms. The third kappa shape index (κ3) is 3.40. The first-order valence-corrected chi connectivity index (χ1v) is 8.70. The summed E-state index contributed by atoms with van der Waals surface area (Å²) >= 11 is 1.72. The van der Waals surface area contributed by atoms with Crippen molar-refractivity contribution >= 4 is 17.5 Å². The monoisotopic (exact) mass is 309 g/mol. The van der Waals surface area contributed by atoms with Gasteiger partial charge in [-0.05, 0) is 32.4 Å². The largest absolute Gasteiger partial charge is 0.391 e. The predicted octanol–water partition coefficient (Wildman–Crippen LogP) is 1.93. The highest BCUT2D eigenvalue weighted by atomic mass is 32.2. The second kappa shape index (κ2) is 6.79. The molecule has 0 aromatic carbocycles. The number of nitrogens with one attached hydrogen (secondary N) is 1. The van der Waals surface area contributed by atoms with E-state index in [2.05, 4.69) is 39.2 Å². The van der Waals surface area contributed by atoms with E-state index in [1.54, 1.807) is 11.8 Å². The lowest BCUT2D eigenvalue weighted by Crippen LogP contribution is -2.27. The number of oxime groups is 1. The summed E-state index contributed by atoms with van der Waals surface area (Å²) in [5.41, 5.74) is 1.16. The number of nitrogens with zero attached hydrogens (tertiary/aromatic N) is 4. The molecule has 0 radical (unpaired) electrons. The van der Waals surface area contributed by atoms with Crippen molar-refractivity contribution in [2.24, 2.45) is 12.2 Å². The van der Waals surface area contributed by atoms with Crippen LogP contribution in [0.3, 0.4) is 0 Å². The quantitative estimate of drug-likeness (QED) is 0.842. The van der Waals surface area contributed by atoms with Gasteiger partial charge in [0, 0.05) is 25.1 Å². The molecule has 0 bridgehead atoms. The van der Waals surface area contributed by atoms with E-state index in [1.165, 1.54) is 0 Å². The minimum Gasteiger partial charge on any atom is -0.391 e. The summed E-state index contributed by atoms with van der Waals surface area (Å²) in [5.74, 6) is 2.54. The molecule has 116 valence electrons. The molecule has 1 atom stereocenters. The fourth-order valence-electron chi connectivity index (χ4n) is 2.84. The predicted molar refractivity (Wildman–Crippen MR) is 83.8 cm³/mol. The fourth-order valence-corrected chi connectivity index (χ4v) is 3.74. The Morgan fingerprint density at radius 1 is 1.33 bits per heavy atom. The summed E-state index contributed by atoms with van der Waals surface area (Å²) in [6.45, 7) is 4.27. The number of rotatable bonds is 5. The molecule has 0 amide bonds. The molecule has 0 aliphatic carbocycles. The second-order valence-electron chi connectivity index (χ2n) is 5.68. The van der Waals surface area contributed by atoms with E-state index in [4.69, 9.17) is 4.84 Å². The zero-order valence-electron chi connectivity index (χ0n) is 12.7. The molecule has 1 saturated heterocycles. The minimum absolute atomic E-state index is 0.184. The van der Waals surface area contributed by atoms with E-state index in [9.17, 15) is 0 Å². The molecule has 3 rings (SSSR count). The topological polar surface area (TPSA) is 64.3 Å². The van der Waals surface area contributed by atoms with Gasteiger partial charge in [-0.3, -0.25) is 0 Å². The van der Waals surface area contributed by atoms with Crippen molar-refractivity contribution in [2.45, 2.75) is 49.8 Å². The van der Waals surface area contributed by atoms with Gasteiger partial charge in [-0.15, -0.1) is 10.2 Å². The molecule has 1 aromatic rings. The molecule has 6 nitrogen and oxygen atoms in total. The summed E-state index contributed by atoms with van der Waals surface area (Å²) in [4.78, 5) is 5.44. The van der Waals surface area contributed by atoms with Crippen LogP contribution >= 0.6 is 11.8 Å². The van der Waals surface area contributed by atoms with Gasteiger partial charge in [0.15, 0.2) is 5.16 Å². The minimum atomic E-state index is 0.184. The van der Waals surface area contributed by atoms with Crippen LogP contribution in [0.25, 0.3) is 0 Å². The van der Waals surface area contributed by atoms with Gasteiger partial charge in [-0.2, -0.15) is 0 Å². The van der Waals surface area contributed by atoms with Crippen molar-refractivity contribution in [3.05, 3.63) is 5.82 Å². The van der Waals surface area contributed by atoms with Crippen molar-refractivity contribution in [2.75, 3.05) is 18.8 Å². The Morgan fingerprint density at radius 2 is 2.14 bits per heavy atom. The SMILES string of the molecule is CCC1=NO[C@@H](CSc2nnc(C3CCNCC3)n2C)C1. The average Bonchev–Trinajstić information content (AvgIpc) is 3.13. The number of thioether (sulfide) groups is 1. The van der Waals surface area contributed by atoms with Gasteiger partial charge in [0.1, 0.15) is 11.9 Å². The summed E-state index contributed by atoms with van der Waals surface area (Å²) in [7, 11) is 2.07. The number of aromatic nitrogens is 3. The Bertz CT molecular complexity index is 509. The molecule has 2 aliphatic heterocycles. The lowest BCUT2D eigenvalue weighted by atomic mass is 9.97. The van der Waals surface area contributed by atoms with Crippen LogP contribution in [-0.2, 0) is 11.9 Å². The Kier molecular flexibility index (Phi) is 4.80.